The van der Waals surface area contributed by atoms with Crippen molar-refractivity contribution >= 4 is 28.8 Å². The van der Waals surface area contributed by atoms with E-state index in [2.05, 4.69) is 0 Å². The van der Waals surface area contributed by atoms with Gasteiger partial charge in [-0.1, -0.05) is 44.0 Å². The van der Waals surface area contributed by atoms with Crippen molar-refractivity contribution < 1.29 is 19.6 Å². The molecule has 2 aromatic carbocycles. The van der Waals surface area contributed by atoms with E-state index < -0.39 is 28.4 Å². The van der Waals surface area contributed by atoms with Gasteiger partial charge in [0.05, 0.1) is 16.5 Å². The zero-order valence-corrected chi connectivity index (χ0v) is 18.4. The van der Waals surface area contributed by atoms with E-state index in [1.807, 2.05) is 50.2 Å². The molecule has 0 radical (unpaired) electrons. The third-order valence-electron chi connectivity index (χ3n) is 5.60. The van der Waals surface area contributed by atoms with Crippen molar-refractivity contribution in [2.24, 2.45) is 0 Å². The van der Waals surface area contributed by atoms with E-state index in [4.69, 9.17) is 0 Å². The fourth-order valence-electron chi connectivity index (χ4n) is 3.87. The maximum absolute atomic E-state index is 13.0. The van der Waals surface area contributed by atoms with Crippen molar-refractivity contribution in [2.45, 2.75) is 32.2 Å². The Hall–Kier alpha value is -3.68. The SMILES string of the molecule is CCCCCN1C(=O)C(=O)/C(=C(\O)c2cccc([N+](=O)[O-])c2)C1c1ccc(N(C)C)cc1. The Morgan fingerprint density at radius 1 is 1.12 bits per heavy atom. The van der Waals surface area contributed by atoms with Crippen LogP contribution in [0, 0.1) is 10.1 Å². The largest absolute Gasteiger partial charge is 0.507 e. The van der Waals surface area contributed by atoms with Crippen LogP contribution in [0.3, 0.4) is 0 Å². The normalized spacial score (nSPS) is 17.6. The summed E-state index contributed by atoms with van der Waals surface area (Å²) < 4.78 is 0. The number of nitro groups is 1. The Morgan fingerprint density at radius 3 is 2.41 bits per heavy atom. The molecule has 0 aromatic heterocycles. The molecule has 1 unspecified atom stereocenters. The number of non-ortho nitro benzene ring substituents is 1. The van der Waals surface area contributed by atoms with Gasteiger partial charge >= 0.3 is 0 Å². The highest BCUT2D eigenvalue weighted by Gasteiger charge is 2.45. The van der Waals surface area contributed by atoms with E-state index >= 15 is 0 Å². The summed E-state index contributed by atoms with van der Waals surface area (Å²) in [7, 11) is 3.82. The molecule has 8 heteroatoms. The van der Waals surface area contributed by atoms with Crippen LogP contribution in [0.2, 0.25) is 0 Å². The minimum Gasteiger partial charge on any atom is -0.507 e. The van der Waals surface area contributed by atoms with E-state index in [0.29, 0.717) is 12.1 Å². The third kappa shape index (κ3) is 4.49. The molecule has 0 aliphatic carbocycles. The number of aliphatic hydroxyl groups is 1. The van der Waals surface area contributed by atoms with Gasteiger partial charge in [-0.25, -0.2) is 0 Å². The quantitative estimate of drug-likeness (QED) is 0.165. The second-order valence-electron chi connectivity index (χ2n) is 7.99. The average molecular weight is 437 g/mol. The molecule has 1 aliphatic rings. The first-order valence-electron chi connectivity index (χ1n) is 10.6. The number of hydrogen-bond acceptors (Lipinski definition) is 6. The molecule has 3 rings (SSSR count). The topological polar surface area (TPSA) is 104 Å². The van der Waals surface area contributed by atoms with Gasteiger partial charge in [0.15, 0.2) is 0 Å². The fraction of sp³-hybridized carbons (Fsp3) is 0.333. The lowest BCUT2D eigenvalue weighted by Gasteiger charge is -2.26. The van der Waals surface area contributed by atoms with Crippen LogP contribution >= 0.6 is 0 Å². The molecule has 8 nitrogen and oxygen atoms in total. The van der Waals surface area contributed by atoms with Crippen molar-refractivity contribution in [1.29, 1.82) is 0 Å². The van der Waals surface area contributed by atoms with E-state index in [9.17, 15) is 24.8 Å². The van der Waals surface area contributed by atoms with Crippen LogP contribution in [0.5, 0.6) is 0 Å². The summed E-state index contributed by atoms with van der Waals surface area (Å²) in [5.74, 6) is -1.87. The Kier molecular flexibility index (Phi) is 6.92. The minimum atomic E-state index is -0.785. The van der Waals surface area contributed by atoms with Gasteiger partial charge in [-0.2, -0.15) is 0 Å². The monoisotopic (exact) mass is 437 g/mol. The molecule has 32 heavy (non-hydrogen) atoms. The number of aliphatic hydroxyl groups excluding tert-OH is 1. The first-order chi connectivity index (χ1) is 15.3. The number of hydrogen-bond donors (Lipinski definition) is 1. The summed E-state index contributed by atoms with van der Waals surface area (Å²) in [4.78, 5) is 39.9. The lowest BCUT2D eigenvalue weighted by atomic mass is 9.95. The number of nitrogens with zero attached hydrogens (tertiary/aromatic N) is 3. The Labute approximate surface area is 186 Å². The molecular weight excluding hydrogens is 410 g/mol. The number of unbranched alkanes of at least 4 members (excludes halogenated alkanes) is 2. The summed E-state index contributed by atoms with van der Waals surface area (Å²) in [5, 5.41) is 22.2. The molecule has 0 spiro atoms. The van der Waals surface area contributed by atoms with Crippen LogP contribution in [-0.2, 0) is 9.59 Å². The second kappa shape index (κ2) is 9.64. The molecule has 1 N–H and O–H groups in total. The maximum atomic E-state index is 13.0. The van der Waals surface area contributed by atoms with Crippen molar-refractivity contribution in [1.82, 2.24) is 4.90 Å². The van der Waals surface area contributed by atoms with Crippen LogP contribution in [0.25, 0.3) is 5.76 Å². The number of rotatable bonds is 8. The van der Waals surface area contributed by atoms with Crippen LogP contribution in [0.4, 0.5) is 11.4 Å². The molecule has 1 amide bonds. The Morgan fingerprint density at radius 2 is 1.81 bits per heavy atom. The van der Waals surface area contributed by atoms with Crippen molar-refractivity contribution in [3.05, 3.63) is 75.3 Å². The summed E-state index contributed by atoms with van der Waals surface area (Å²) in [5.41, 5.74) is 1.51. The van der Waals surface area contributed by atoms with Gasteiger partial charge in [0.2, 0.25) is 0 Å². The summed E-state index contributed by atoms with van der Waals surface area (Å²) >= 11 is 0. The molecule has 1 heterocycles. The number of amides is 1. The number of likely N-dealkylation sites (tertiary alicyclic amines) is 1. The number of carbonyl (C=O) groups excluding carboxylic acids is 2. The van der Waals surface area contributed by atoms with Crippen LogP contribution in [0.1, 0.15) is 43.4 Å². The van der Waals surface area contributed by atoms with Crippen molar-refractivity contribution in [3.8, 4) is 0 Å². The molecule has 0 saturated carbocycles. The van der Waals surface area contributed by atoms with Gasteiger partial charge in [0, 0.05) is 44.0 Å². The van der Waals surface area contributed by atoms with E-state index in [1.54, 1.807) is 0 Å². The summed E-state index contributed by atoms with van der Waals surface area (Å²) in [6, 6.07) is 12.1. The smallest absolute Gasteiger partial charge is 0.295 e. The van der Waals surface area contributed by atoms with E-state index in [1.165, 1.54) is 29.2 Å². The standard InChI is InChI=1S/C24H27N3O5/c1-4-5-6-14-26-21(16-10-12-18(13-11-16)25(2)3)20(23(29)24(26)30)22(28)17-8-7-9-19(15-17)27(31)32/h7-13,15,21,28H,4-6,14H2,1-3H3/b22-20-. The van der Waals surface area contributed by atoms with Gasteiger partial charge in [0.1, 0.15) is 5.76 Å². The molecule has 1 aliphatic heterocycles. The van der Waals surface area contributed by atoms with Crippen molar-refractivity contribution in [3.63, 3.8) is 0 Å². The second-order valence-corrected chi connectivity index (χ2v) is 7.99. The number of ketones is 1. The minimum absolute atomic E-state index is 0.0513. The molecule has 0 bridgehead atoms. The van der Waals surface area contributed by atoms with Crippen LogP contribution < -0.4 is 4.90 Å². The van der Waals surface area contributed by atoms with Crippen molar-refractivity contribution in [2.75, 3.05) is 25.5 Å². The number of anilines is 1. The summed E-state index contributed by atoms with van der Waals surface area (Å²) in [6.45, 7) is 2.43. The number of benzene rings is 2. The van der Waals surface area contributed by atoms with Gasteiger partial charge in [-0.05, 0) is 24.1 Å². The van der Waals surface area contributed by atoms with Gasteiger partial charge in [0.25, 0.3) is 17.4 Å². The average Bonchev–Trinajstić information content (AvgIpc) is 3.04. The first kappa shape index (κ1) is 23.0. The summed E-state index contributed by atoms with van der Waals surface area (Å²) in [6.07, 6.45) is 2.59. The molecule has 2 aromatic rings. The Balaban J connectivity index is 2.13. The molecule has 168 valence electrons. The van der Waals surface area contributed by atoms with Gasteiger partial charge in [-0.15, -0.1) is 0 Å². The van der Waals surface area contributed by atoms with Crippen LogP contribution in [0.15, 0.2) is 54.1 Å². The number of Topliss-reactive ketones (excluding diaryl/α,β-unsaturated/α-hetero) is 1. The van der Waals surface area contributed by atoms with E-state index in [0.717, 1.165) is 24.9 Å². The number of carbonyl (C=O) groups is 2. The van der Waals surface area contributed by atoms with Crippen LogP contribution in [-0.4, -0.2) is 47.3 Å². The zero-order chi connectivity index (χ0) is 23.4. The molecule has 1 fully saturated rings. The molecule has 1 saturated heterocycles. The highest BCUT2D eigenvalue weighted by atomic mass is 16.6. The third-order valence-corrected chi connectivity index (χ3v) is 5.60. The fourth-order valence-corrected chi connectivity index (χ4v) is 3.87. The highest BCUT2D eigenvalue weighted by Crippen LogP contribution is 2.40. The first-order valence-corrected chi connectivity index (χ1v) is 10.6. The molecular formula is C24H27N3O5. The number of nitro benzene ring substituents is 1. The van der Waals surface area contributed by atoms with Gasteiger partial charge in [-0.3, -0.25) is 19.7 Å². The predicted octanol–water partition coefficient (Wildman–Crippen LogP) is 4.27. The maximum Gasteiger partial charge on any atom is 0.295 e. The van der Waals surface area contributed by atoms with E-state index in [-0.39, 0.29) is 16.8 Å². The lowest BCUT2D eigenvalue weighted by molar-refractivity contribution is -0.384. The zero-order valence-electron chi connectivity index (χ0n) is 18.4. The Bertz CT molecular complexity index is 1060. The highest BCUT2D eigenvalue weighted by molar-refractivity contribution is 6.46. The molecule has 1 atom stereocenters. The lowest BCUT2D eigenvalue weighted by Crippen LogP contribution is -2.30. The van der Waals surface area contributed by atoms with Gasteiger partial charge < -0.3 is 14.9 Å². The predicted molar refractivity (Wildman–Crippen MR) is 122 cm³/mol.